The maximum atomic E-state index is 11.4. The van der Waals surface area contributed by atoms with Gasteiger partial charge in [-0.15, -0.1) is 0 Å². The lowest BCUT2D eigenvalue weighted by molar-refractivity contribution is -0.0440. The van der Waals surface area contributed by atoms with Gasteiger partial charge in [0.2, 0.25) is 10.0 Å². The van der Waals surface area contributed by atoms with Gasteiger partial charge in [0.15, 0.2) is 0 Å². The molecule has 1 heterocycles. The Kier molecular flexibility index (Phi) is 3.28. The third-order valence-electron chi connectivity index (χ3n) is 1.99. The normalized spacial score (nSPS) is 31.9. The number of hydrogen-bond donors (Lipinski definition) is 1. The Labute approximate surface area is 78.9 Å². The second kappa shape index (κ2) is 3.91. The first-order valence-corrected chi connectivity index (χ1v) is 5.90. The van der Waals surface area contributed by atoms with Gasteiger partial charge in [-0.1, -0.05) is 0 Å². The van der Waals surface area contributed by atoms with Crippen molar-refractivity contribution in [2.45, 2.75) is 26.1 Å². The molecule has 1 saturated heterocycles. The largest absolute Gasteiger partial charge is 0.373 e. The van der Waals surface area contributed by atoms with Crippen LogP contribution in [0.15, 0.2) is 0 Å². The van der Waals surface area contributed by atoms with Crippen molar-refractivity contribution in [2.24, 2.45) is 5.73 Å². The minimum Gasteiger partial charge on any atom is -0.373 e. The van der Waals surface area contributed by atoms with E-state index in [1.165, 1.54) is 4.31 Å². The Morgan fingerprint density at radius 2 is 1.85 bits per heavy atom. The summed E-state index contributed by atoms with van der Waals surface area (Å²) >= 11 is 0. The van der Waals surface area contributed by atoms with E-state index in [2.05, 4.69) is 0 Å². The van der Waals surface area contributed by atoms with Gasteiger partial charge in [-0.3, -0.25) is 0 Å². The molecule has 78 valence electrons. The number of hydrogen-bond acceptors (Lipinski definition) is 4. The van der Waals surface area contributed by atoms with Crippen LogP contribution in [0.25, 0.3) is 0 Å². The molecule has 0 amide bonds. The summed E-state index contributed by atoms with van der Waals surface area (Å²) in [6.07, 6.45) is -0.102. The lowest BCUT2D eigenvalue weighted by atomic mass is 10.3. The topological polar surface area (TPSA) is 72.6 Å². The zero-order valence-electron chi connectivity index (χ0n) is 7.93. The highest BCUT2D eigenvalue weighted by molar-refractivity contribution is 7.89. The van der Waals surface area contributed by atoms with E-state index in [-0.39, 0.29) is 18.1 Å². The van der Waals surface area contributed by atoms with Crippen LogP contribution in [0.5, 0.6) is 0 Å². The van der Waals surface area contributed by atoms with Gasteiger partial charge in [-0.05, 0) is 13.8 Å². The molecule has 0 aromatic rings. The van der Waals surface area contributed by atoms with Crippen LogP contribution in [0.3, 0.4) is 0 Å². The van der Waals surface area contributed by atoms with Crippen LogP contribution >= 0.6 is 0 Å². The maximum absolute atomic E-state index is 11.4. The first-order chi connectivity index (χ1) is 5.95. The fourth-order valence-electron chi connectivity index (χ4n) is 1.46. The van der Waals surface area contributed by atoms with Crippen LogP contribution in [0.2, 0.25) is 0 Å². The van der Waals surface area contributed by atoms with Gasteiger partial charge in [0, 0.05) is 13.1 Å². The third kappa shape index (κ3) is 2.63. The summed E-state index contributed by atoms with van der Waals surface area (Å²) in [5.41, 5.74) is 5.16. The van der Waals surface area contributed by atoms with E-state index in [0.717, 1.165) is 0 Å². The molecule has 0 spiro atoms. The number of rotatable bonds is 2. The molecule has 2 unspecified atom stereocenters. The molecule has 2 atom stereocenters. The maximum Gasteiger partial charge on any atom is 0.227 e. The predicted octanol–water partition coefficient (Wildman–Crippen LogP) is -0.658. The minimum atomic E-state index is -3.26. The van der Waals surface area contributed by atoms with Crippen molar-refractivity contribution in [3.05, 3.63) is 0 Å². The number of sulfonamides is 1. The summed E-state index contributed by atoms with van der Waals surface area (Å²) in [5, 5.41) is 0. The highest BCUT2D eigenvalue weighted by atomic mass is 32.2. The van der Waals surface area contributed by atoms with E-state index in [0.29, 0.717) is 13.1 Å². The molecule has 0 aromatic heterocycles. The van der Waals surface area contributed by atoms with E-state index < -0.39 is 10.0 Å². The van der Waals surface area contributed by atoms with Crippen LogP contribution in [0, 0.1) is 0 Å². The zero-order chi connectivity index (χ0) is 10.1. The first kappa shape index (κ1) is 10.9. The summed E-state index contributed by atoms with van der Waals surface area (Å²) < 4.78 is 29.6. The van der Waals surface area contributed by atoms with Gasteiger partial charge in [-0.2, -0.15) is 4.31 Å². The van der Waals surface area contributed by atoms with E-state index in [4.69, 9.17) is 10.5 Å². The fraction of sp³-hybridized carbons (Fsp3) is 1.00. The molecule has 5 nitrogen and oxygen atoms in total. The SMILES string of the molecule is CC1CN(S(=O)(=O)CN)CC(C)O1. The lowest BCUT2D eigenvalue weighted by Gasteiger charge is -2.34. The van der Waals surface area contributed by atoms with Gasteiger partial charge in [-0.25, -0.2) is 8.42 Å². The summed E-state index contributed by atoms with van der Waals surface area (Å²) in [6.45, 7) is 4.52. The summed E-state index contributed by atoms with van der Waals surface area (Å²) in [6, 6.07) is 0. The van der Waals surface area contributed by atoms with Crippen molar-refractivity contribution < 1.29 is 13.2 Å². The Morgan fingerprint density at radius 1 is 1.38 bits per heavy atom. The molecule has 1 fully saturated rings. The fourth-order valence-corrected chi connectivity index (χ4v) is 2.55. The van der Waals surface area contributed by atoms with Gasteiger partial charge in [0.25, 0.3) is 0 Å². The first-order valence-electron chi connectivity index (χ1n) is 4.29. The average Bonchev–Trinajstić information content (AvgIpc) is 2.02. The van der Waals surface area contributed by atoms with Crippen LogP contribution in [-0.4, -0.2) is 43.9 Å². The highest BCUT2D eigenvalue weighted by Crippen LogP contribution is 2.13. The summed E-state index contributed by atoms with van der Waals surface area (Å²) in [7, 11) is -3.26. The highest BCUT2D eigenvalue weighted by Gasteiger charge is 2.29. The van der Waals surface area contributed by atoms with Crippen molar-refractivity contribution >= 4 is 10.0 Å². The minimum absolute atomic E-state index is 0.0509. The Balaban J connectivity index is 2.71. The van der Waals surface area contributed by atoms with Crippen molar-refractivity contribution in [3.63, 3.8) is 0 Å². The molecule has 6 heteroatoms. The van der Waals surface area contributed by atoms with E-state index >= 15 is 0 Å². The number of nitrogens with two attached hydrogens (primary N) is 1. The Morgan fingerprint density at radius 3 is 2.23 bits per heavy atom. The zero-order valence-corrected chi connectivity index (χ0v) is 8.75. The van der Waals surface area contributed by atoms with Gasteiger partial charge in [0.05, 0.1) is 12.2 Å². The number of morpholine rings is 1. The van der Waals surface area contributed by atoms with E-state index in [1.54, 1.807) is 0 Å². The Hall–Kier alpha value is -0.170. The average molecular weight is 208 g/mol. The van der Waals surface area contributed by atoms with Crippen LogP contribution in [0.4, 0.5) is 0 Å². The van der Waals surface area contributed by atoms with Crippen molar-refractivity contribution in [2.75, 3.05) is 19.0 Å². The monoisotopic (exact) mass is 208 g/mol. The second-order valence-electron chi connectivity index (χ2n) is 3.35. The van der Waals surface area contributed by atoms with Crippen LogP contribution < -0.4 is 5.73 Å². The molecular weight excluding hydrogens is 192 g/mol. The number of nitrogens with zero attached hydrogens (tertiary/aromatic N) is 1. The second-order valence-corrected chi connectivity index (χ2v) is 5.37. The smallest absolute Gasteiger partial charge is 0.227 e. The van der Waals surface area contributed by atoms with E-state index in [1.807, 2.05) is 13.8 Å². The molecule has 13 heavy (non-hydrogen) atoms. The standard InChI is InChI=1S/C7H16N2O3S/c1-6-3-9(4-7(2)12-6)13(10,11)5-8/h6-7H,3-5,8H2,1-2H3. The lowest BCUT2D eigenvalue weighted by Crippen LogP contribution is -2.49. The molecule has 2 N–H and O–H groups in total. The molecule has 0 saturated carbocycles. The molecule has 1 rings (SSSR count). The molecule has 1 aliphatic heterocycles. The van der Waals surface area contributed by atoms with Crippen LogP contribution in [0.1, 0.15) is 13.8 Å². The van der Waals surface area contributed by atoms with E-state index in [9.17, 15) is 8.42 Å². The molecule has 0 aromatic carbocycles. The predicted molar refractivity (Wildman–Crippen MR) is 49.6 cm³/mol. The molecule has 1 aliphatic rings. The van der Waals surface area contributed by atoms with Gasteiger partial charge < -0.3 is 10.5 Å². The van der Waals surface area contributed by atoms with Crippen molar-refractivity contribution in [1.29, 1.82) is 0 Å². The summed E-state index contributed by atoms with van der Waals surface area (Å²) in [4.78, 5) is 0. The Bertz CT molecular complexity index is 255. The molecule has 0 radical (unpaired) electrons. The molecule has 0 bridgehead atoms. The number of ether oxygens (including phenoxy) is 1. The summed E-state index contributed by atoms with van der Waals surface area (Å²) in [5.74, 6) is -0.327. The van der Waals surface area contributed by atoms with Gasteiger partial charge in [0.1, 0.15) is 5.88 Å². The quantitative estimate of drug-likeness (QED) is 0.654. The van der Waals surface area contributed by atoms with Crippen LogP contribution in [-0.2, 0) is 14.8 Å². The van der Waals surface area contributed by atoms with Crippen molar-refractivity contribution in [3.8, 4) is 0 Å². The van der Waals surface area contributed by atoms with Crippen molar-refractivity contribution in [1.82, 2.24) is 4.31 Å². The molecule has 0 aliphatic carbocycles. The van der Waals surface area contributed by atoms with Gasteiger partial charge >= 0.3 is 0 Å². The molecular formula is C7H16N2O3S. The third-order valence-corrected chi connectivity index (χ3v) is 3.50.